The van der Waals surface area contributed by atoms with Crippen LogP contribution in [-0.4, -0.2) is 0 Å². The van der Waals surface area contributed by atoms with Gasteiger partial charge in [-0.2, -0.15) is 0 Å². The van der Waals surface area contributed by atoms with Crippen LogP contribution in [0.25, 0.3) is 0 Å². The summed E-state index contributed by atoms with van der Waals surface area (Å²) in [7, 11) is 0. The molecule has 0 aliphatic rings. The molecule has 0 bridgehead atoms. The van der Waals surface area contributed by atoms with Crippen LogP contribution in [0.1, 0.15) is 49.1 Å². The zero-order valence-corrected chi connectivity index (χ0v) is 10.8. The van der Waals surface area contributed by atoms with Gasteiger partial charge in [0, 0.05) is 6.04 Å². The fourth-order valence-electron chi connectivity index (χ4n) is 2.11. The quantitative estimate of drug-likeness (QED) is 0.744. The lowest BCUT2D eigenvalue weighted by molar-refractivity contribution is 0.325. The van der Waals surface area contributed by atoms with Crippen molar-refractivity contribution in [3.63, 3.8) is 0 Å². The maximum Gasteiger partial charge on any atom is 0.0349 e. The Morgan fingerprint density at radius 2 is 1.40 bits per heavy atom. The highest BCUT2D eigenvalue weighted by molar-refractivity contribution is 5.40. The van der Waals surface area contributed by atoms with E-state index in [-0.39, 0.29) is 11.5 Å². The molecule has 84 valence electrons. The number of hydrogen-bond donors (Lipinski definition) is 1. The molecule has 1 aromatic carbocycles. The lowest BCUT2D eigenvalue weighted by Crippen LogP contribution is -2.27. The van der Waals surface area contributed by atoms with Crippen LogP contribution >= 0.6 is 0 Å². The number of benzene rings is 1. The van der Waals surface area contributed by atoms with Crippen molar-refractivity contribution in [2.75, 3.05) is 0 Å². The van der Waals surface area contributed by atoms with Crippen molar-refractivity contribution in [1.82, 2.24) is 0 Å². The van der Waals surface area contributed by atoms with Gasteiger partial charge in [0.05, 0.1) is 0 Å². The Morgan fingerprint density at radius 3 is 1.73 bits per heavy atom. The Balaban J connectivity index is 3.26. The Kier molecular flexibility index (Phi) is 3.25. The van der Waals surface area contributed by atoms with Crippen LogP contribution < -0.4 is 5.73 Å². The van der Waals surface area contributed by atoms with Crippen LogP contribution in [0.15, 0.2) is 12.1 Å². The molecule has 1 atom stereocenters. The number of aryl methyl sites for hydroxylation is 3. The third-order valence-electron chi connectivity index (χ3n) is 2.98. The second-order valence-corrected chi connectivity index (χ2v) is 5.66. The topological polar surface area (TPSA) is 26.0 Å². The van der Waals surface area contributed by atoms with Crippen molar-refractivity contribution >= 4 is 0 Å². The first-order chi connectivity index (χ1) is 6.73. The summed E-state index contributed by atoms with van der Waals surface area (Å²) in [6, 6.07) is 4.54. The molecule has 2 N–H and O–H groups in total. The molecule has 1 aromatic rings. The molecule has 0 aromatic heterocycles. The van der Waals surface area contributed by atoms with Crippen molar-refractivity contribution in [2.45, 2.75) is 47.6 Å². The van der Waals surface area contributed by atoms with Gasteiger partial charge in [-0.1, -0.05) is 38.5 Å². The monoisotopic (exact) mass is 205 g/mol. The van der Waals surface area contributed by atoms with Crippen LogP contribution in [0.5, 0.6) is 0 Å². The van der Waals surface area contributed by atoms with E-state index in [1.54, 1.807) is 0 Å². The smallest absolute Gasteiger partial charge is 0.0349 e. The summed E-state index contributed by atoms with van der Waals surface area (Å²) < 4.78 is 0. The van der Waals surface area contributed by atoms with Crippen molar-refractivity contribution in [3.8, 4) is 0 Å². The molecule has 0 aliphatic carbocycles. The minimum Gasteiger partial charge on any atom is -0.323 e. The van der Waals surface area contributed by atoms with Crippen LogP contribution in [0.2, 0.25) is 0 Å². The summed E-state index contributed by atoms with van der Waals surface area (Å²) in [4.78, 5) is 0. The minimum atomic E-state index is 0.109. The van der Waals surface area contributed by atoms with E-state index in [2.05, 4.69) is 53.7 Å². The highest BCUT2D eigenvalue weighted by Crippen LogP contribution is 2.34. The molecule has 0 spiro atoms. The standard InChI is InChI=1S/C14H23N/c1-9-7-10(2)12(11(3)8-9)13(15)14(4,5)6/h7-8,13H,15H2,1-6H3. The third kappa shape index (κ3) is 2.60. The molecule has 0 heterocycles. The van der Waals surface area contributed by atoms with Gasteiger partial charge in [0.2, 0.25) is 0 Å². The van der Waals surface area contributed by atoms with Crippen LogP contribution in [0.4, 0.5) is 0 Å². The molecule has 0 aliphatic heterocycles. The molecule has 0 fully saturated rings. The normalized spacial score (nSPS) is 14.1. The summed E-state index contributed by atoms with van der Waals surface area (Å²) in [5.74, 6) is 0. The molecular formula is C14H23N. The minimum absolute atomic E-state index is 0.109. The molecular weight excluding hydrogens is 182 g/mol. The second-order valence-electron chi connectivity index (χ2n) is 5.66. The summed E-state index contributed by atoms with van der Waals surface area (Å²) >= 11 is 0. The average Bonchev–Trinajstić information content (AvgIpc) is 1.99. The van der Waals surface area contributed by atoms with Gasteiger partial charge in [-0.3, -0.25) is 0 Å². The Hall–Kier alpha value is -0.820. The average molecular weight is 205 g/mol. The van der Waals surface area contributed by atoms with Gasteiger partial charge in [0.15, 0.2) is 0 Å². The Bertz CT molecular complexity index is 335. The van der Waals surface area contributed by atoms with E-state index >= 15 is 0 Å². The van der Waals surface area contributed by atoms with Crippen molar-refractivity contribution in [1.29, 1.82) is 0 Å². The van der Waals surface area contributed by atoms with Crippen LogP contribution in [0, 0.1) is 26.2 Å². The predicted molar refractivity (Wildman–Crippen MR) is 67.0 cm³/mol. The van der Waals surface area contributed by atoms with Crippen molar-refractivity contribution in [3.05, 3.63) is 34.4 Å². The molecule has 1 unspecified atom stereocenters. The number of nitrogens with two attached hydrogens (primary N) is 1. The lowest BCUT2D eigenvalue weighted by atomic mass is 9.79. The molecule has 15 heavy (non-hydrogen) atoms. The number of rotatable bonds is 1. The molecule has 1 rings (SSSR count). The molecule has 0 amide bonds. The van der Waals surface area contributed by atoms with Crippen LogP contribution in [-0.2, 0) is 0 Å². The van der Waals surface area contributed by atoms with Crippen LogP contribution in [0.3, 0.4) is 0 Å². The number of hydrogen-bond acceptors (Lipinski definition) is 1. The summed E-state index contributed by atoms with van der Waals surface area (Å²) in [5, 5.41) is 0. The fraction of sp³-hybridized carbons (Fsp3) is 0.571. The predicted octanol–water partition coefficient (Wildman–Crippen LogP) is 3.66. The largest absolute Gasteiger partial charge is 0.323 e. The zero-order valence-electron chi connectivity index (χ0n) is 10.8. The van der Waals surface area contributed by atoms with E-state index in [0.29, 0.717) is 0 Å². The first kappa shape index (κ1) is 12.3. The van der Waals surface area contributed by atoms with Gasteiger partial charge in [-0.25, -0.2) is 0 Å². The highest BCUT2D eigenvalue weighted by Gasteiger charge is 2.24. The molecule has 0 radical (unpaired) electrons. The lowest BCUT2D eigenvalue weighted by Gasteiger charge is -2.30. The van der Waals surface area contributed by atoms with Gasteiger partial charge in [0.1, 0.15) is 0 Å². The van der Waals surface area contributed by atoms with Gasteiger partial charge in [-0.05, 0) is 42.9 Å². The fourth-order valence-corrected chi connectivity index (χ4v) is 2.11. The molecule has 0 saturated heterocycles. The Labute approximate surface area is 93.7 Å². The summed E-state index contributed by atoms with van der Waals surface area (Å²) in [6.07, 6.45) is 0. The van der Waals surface area contributed by atoms with E-state index in [4.69, 9.17) is 5.73 Å². The maximum absolute atomic E-state index is 6.32. The van der Waals surface area contributed by atoms with Gasteiger partial charge in [0.25, 0.3) is 0 Å². The van der Waals surface area contributed by atoms with E-state index in [9.17, 15) is 0 Å². The highest BCUT2D eigenvalue weighted by atomic mass is 14.7. The van der Waals surface area contributed by atoms with E-state index in [1.807, 2.05) is 0 Å². The van der Waals surface area contributed by atoms with Crippen molar-refractivity contribution in [2.24, 2.45) is 11.1 Å². The SMILES string of the molecule is Cc1cc(C)c(C(N)C(C)(C)C)c(C)c1. The summed E-state index contributed by atoms with van der Waals surface area (Å²) in [6.45, 7) is 13.0. The Morgan fingerprint density at radius 1 is 1.00 bits per heavy atom. The van der Waals surface area contributed by atoms with Gasteiger partial charge in [-0.15, -0.1) is 0 Å². The summed E-state index contributed by atoms with van der Waals surface area (Å²) in [5.41, 5.74) is 11.7. The third-order valence-corrected chi connectivity index (χ3v) is 2.98. The first-order valence-corrected chi connectivity index (χ1v) is 5.57. The molecule has 0 saturated carbocycles. The zero-order chi connectivity index (χ0) is 11.8. The molecule has 1 nitrogen and oxygen atoms in total. The van der Waals surface area contributed by atoms with E-state index in [1.165, 1.54) is 22.3 Å². The van der Waals surface area contributed by atoms with E-state index in [0.717, 1.165) is 0 Å². The molecule has 1 heteroatoms. The van der Waals surface area contributed by atoms with Gasteiger partial charge < -0.3 is 5.73 Å². The maximum atomic E-state index is 6.32. The first-order valence-electron chi connectivity index (χ1n) is 5.57. The van der Waals surface area contributed by atoms with Gasteiger partial charge >= 0.3 is 0 Å². The second kappa shape index (κ2) is 3.97. The van der Waals surface area contributed by atoms with E-state index < -0.39 is 0 Å². The van der Waals surface area contributed by atoms with Crippen molar-refractivity contribution < 1.29 is 0 Å².